The Bertz CT molecular complexity index is 1480. The second-order valence-corrected chi connectivity index (χ2v) is 9.60. The van der Waals surface area contributed by atoms with E-state index in [0.717, 1.165) is 24.5 Å². The van der Waals surface area contributed by atoms with Crippen molar-refractivity contribution in [2.24, 2.45) is 0 Å². The van der Waals surface area contributed by atoms with Crippen LogP contribution in [0.3, 0.4) is 0 Å². The molecule has 194 valence electrons. The number of hydrogen-bond donors (Lipinski definition) is 1. The summed E-state index contributed by atoms with van der Waals surface area (Å²) in [5.74, 6) is -0.876. The first-order valence-corrected chi connectivity index (χ1v) is 12.2. The van der Waals surface area contributed by atoms with Gasteiger partial charge in [0.2, 0.25) is 5.43 Å². The van der Waals surface area contributed by atoms with E-state index in [1.165, 1.54) is 13.3 Å². The minimum atomic E-state index is -1.34. The van der Waals surface area contributed by atoms with Crippen LogP contribution in [0.5, 0.6) is 5.75 Å². The van der Waals surface area contributed by atoms with E-state index >= 15 is 4.39 Å². The molecule has 12 heteroatoms. The van der Waals surface area contributed by atoms with Gasteiger partial charge >= 0.3 is 16.8 Å². The number of furan rings is 1. The van der Waals surface area contributed by atoms with Crippen LogP contribution in [0.25, 0.3) is 10.9 Å². The third-order valence-corrected chi connectivity index (χ3v) is 7.22. The fourth-order valence-electron chi connectivity index (χ4n) is 5.26. The first-order chi connectivity index (χ1) is 17.9. The average molecular weight is 514 g/mol. The lowest BCUT2D eigenvalue weighted by Crippen LogP contribution is -2.46. The smallest absolute Gasteiger partial charge is 0.483 e. The summed E-state index contributed by atoms with van der Waals surface area (Å²) in [6.45, 7) is 3.03. The fraction of sp³-hybridized carbons (Fsp3) is 0.440. The highest BCUT2D eigenvalue weighted by Crippen LogP contribution is 2.44. The van der Waals surface area contributed by atoms with Gasteiger partial charge in [0.25, 0.3) is 0 Å². The highest BCUT2D eigenvalue weighted by Gasteiger charge is 2.35. The molecule has 0 bridgehead atoms. The normalized spacial score (nSPS) is 18.1. The number of nitrogens with zero attached hydrogens (tertiary/aromatic N) is 4. The molecule has 3 aromatic rings. The number of anilines is 1. The van der Waals surface area contributed by atoms with Gasteiger partial charge in [-0.05, 0) is 25.0 Å². The van der Waals surface area contributed by atoms with Gasteiger partial charge in [0.15, 0.2) is 18.2 Å². The number of carboxylic acids is 1. The molecule has 0 atom stereocenters. The Morgan fingerprint density at radius 2 is 2.00 bits per heavy atom. The maximum Gasteiger partial charge on any atom is 0.483 e. The van der Waals surface area contributed by atoms with Crippen molar-refractivity contribution >= 4 is 28.4 Å². The molecule has 2 fully saturated rings. The molecule has 11 nitrogen and oxygen atoms in total. The fourth-order valence-corrected chi connectivity index (χ4v) is 5.26. The van der Waals surface area contributed by atoms with Crippen molar-refractivity contribution in [2.45, 2.75) is 31.8 Å². The number of piperazine rings is 1. The molecule has 2 aliphatic heterocycles. The van der Waals surface area contributed by atoms with E-state index in [9.17, 15) is 19.6 Å². The number of ether oxygens (including phenoxy) is 1. The number of methoxy groups -OCH3 is 1. The monoisotopic (exact) mass is 513 g/mol. The molecule has 1 saturated heterocycles. The van der Waals surface area contributed by atoms with Crippen molar-refractivity contribution in [3.8, 4) is 5.75 Å². The Morgan fingerprint density at radius 1 is 1.24 bits per heavy atom. The van der Waals surface area contributed by atoms with Crippen LogP contribution in [0, 0.1) is 10.7 Å². The molecule has 0 amide bonds. The Hall–Kier alpha value is -3.93. The topological polar surface area (TPSA) is 117 Å². The van der Waals surface area contributed by atoms with Crippen molar-refractivity contribution < 1.29 is 33.2 Å². The van der Waals surface area contributed by atoms with Gasteiger partial charge in [-0.1, -0.05) is 0 Å². The number of rotatable bonds is 6. The molecule has 1 aromatic carbocycles. The van der Waals surface area contributed by atoms with Gasteiger partial charge < -0.3 is 23.7 Å². The number of halogens is 1. The van der Waals surface area contributed by atoms with Gasteiger partial charge in [0.05, 0.1) is 35.0 Å². The summed E-state index contributed by atoms with van der Waals surface area (Å²) in [5.41, 5.74) is 0.402. The number of pyridine rings is 1. The van der Waals surface area contributed by atoms with Crippen molar-refractivity contribution in [1.29, 1.82) is 0 Å². The zero-order valence-electron chi connectivity index (χ0n) is 20.2. The standard InChI is InChI=1S/C25H25FN4O7/c1-35-23-20-17(22(31)18(25(32)33)13-29(20)15-2-3-15)11-19(26)21(23)28-7-5-27(6-8-28)12-16-10-14-4-9-36-30(34)24(14)37-16/h10-11,13,15H,2-9,12H2,1H3/p+1. The minimum absolute atomic E-state index is 0.00159. The highest BCUT2D eigenvalue weighted by molar-refractivity contribution is 5.97. The minimum Gasteiger partial charge on any atom is -0.492 e. The molecule has 1 saturated carbocycles. The summed E-state index contributed by atoms with van der Waals surface area (Å²) in [6, 6.07) is 3.06. The van der Waals surface area contributed by atoms with E-state index in [0.29, 0.717) is 62.0 Å². The van der Waals surface area contributed by atoms with E-state index in [1.54, 1.807) is 4.57 Å². The zero-order valence-corrected chi connectivity index (χ0v) is 20.2. The molecular formula is C25H26FN4O7+. The predicted octanol–water partition coefficient (Wildman–Crippen LogP) is 3.00. The molecule has 0 unspecified atom stereocenters. The number of benzene rings is 1. The molecule has 1 aliphatic carbocycles. The molecule has 0 spiro atoms. The summed E-state index contributed by atoms with van der Waals surface area (Å²) >= 11 is 0. The Morgan fingerprint density at radius 3 is 2.65 bits per heavy atom. The maximum atomic E-state index is 15.5. The lowest BCUT2D eigenvalue weighted by atomic mass is 10.1. The van der Waals surface area contributed by atoms with Crippen molar-refractivity contribution in [2.75, 3.05) is 44.8 Å². The summed E-state index contributed by atoms with van der Waals surface area (Å²) in [5, 5.41) is 9.52. The second kappa shape index (κ2) is 8.87. The van der Waals surface area contributed by atoms with E-state index in [2.05, 4.69) is 4.90 Å². The number of aromatic carboxylic acids is 1. The van der Waals surface area contributed by atoms with Gasteiger partial charge in [-0.25, -0.2) is 14.0 Å². The Labute approximate surface area is 210 Å². The first-order valence-electron chi connectivity index (χ1n) is 12.2. The number of carboxylic acid groups (broad SMARTS) is 1. The molecule has 2 aromatic heterocycles. The molecule has 6 rings (SSSR count). The first kappa shape index (κ1) is 23.5. The van der Waals surface area contributed by atoms with Crippen LogP contribution in [0.2, 0.25) is 0 Å². The van der Waals surface area contributed by atoms with Crippen LogP contribution in [0.4, 0.5) is 16.0 Å². The quantitative estimate of drug-likeness (QED) is 0.531. The third kappa shape index (κ3) is 4.01. The van der Waals surface area contributed by atoms with Gasteiger partial charge in [-0.2, -0.15) is 0 Å². The summed E-state index contributed by atoms with van der Waals surface area (Å²) in [7, 11) is 1.43. The van der Waals surface area contributed by atoms with Crippen LogP contribution in [0.15, 0.2) is 27.5 Å². The number of carbonyl (C=O) groups is 1. The van der Waals surface area contributed by atoms with Gasteiger partial charge in [-0.3, -0.25) is 9.69 Å². The van der Waals surface area contributed by atoms with Gasteiger partial charge in [0, 0.05) is 44.8 Å². The number of hydrogen-bond acceptors (Lipinski definition) is 8. The lowest BCUT2D eigenvalue weighted by Gasteiger charge is -2.36. The van der Waals surface area contributed by atoms with E-state index < -0.39 is 17.2 Å². The van der Waals surface area contributed by atoms with Crippen LogP contribution in [-0.4, -0.2) is 65.4 Å². The van der Waals surface area contributed by atoms with Crippen molar-refractivity contribution in [3.63, 3.8) is 0 Å². The van der Waals surface area contributed by atoms with Crippen LogP contribution < -0.4 is 15.1 Å². The zero-order chi connectivity index (χ0) is 25.8. The van der Waals surface area contributed by atoms with Gasteiger partial charge in [0.1, 0.15) is 17.0 Å². The third-order valence-electron chi connectivity index (χ3n) is 7.22. The lowest BCUT2D eigenvalue weighted by molar-refractivity contribution is -0.756. The molecule has 1 N–H and O–H groups in total. The van der Waals surface area contributed by atoms with Gasteiger partial charge in [-0.15, -0.1) is 0 Å². The maximum absolute atomic E-state index is 15.5. The van der Waals surface area contributed by atoms with Crippen molar-refractivity contribution in [3.05, 3.63) is 56.2 Å². The highest BCUT2D eigenvalue weighted by atomic mass is 19.1. The Kier molecular flexibility index (Phi) is 5.63. The predicted molar refractivity (Wildman–Crippen MR) is 129 cm³/mol. The van der Waals surface area contributed by atoms with E-state index in [1.807, 2.05) is 11.0 Å². The van der Waals surface area contributed by atoms with Crippen LogP contribution in [0.1, 0.15) is 40.6 Å². The second-order valence-electron chi connectivity index (χ2n) is 9.60. The van der Waals surface area contributed by atoms with E-state index in [4.69, 9.17) is 14.0 Å². The number of aromatic nitrogens is 1. The summed E-state index contributed by atoms with van der Waals surface area (Å²) in [4.78, 5) is 45.8. The molecule has 3 aliphatic rings. The van der Waals surface area contributed by atoms with Crippen LogP contribution in [-0.2, 0) is 17.8 Å². The summed E-state index contributed by atoms with van der Waals surface area (Å²) < 4.78 is 28.7. The van der Waals surface area contributed by atoms with Crippen molar-refractivity contribution in [1.82, 2.24) is 9.47 Å². The molecular weight excluding hydrogens is 487 g/mol. The molecule has 0 radical (unpaired) electrons. The van der Waals surface area contributed by atoms with E-state index in [-0.39, 0.29) is 34.3 Å². The average Bonchev–Trinajstić information content (AvgIpc) is 3.64. The Balaban J connectivity index is 1.29. The molecule has 4 heterocycles. The summed E-state index contributed by atoms with van der Waals surface area (Å²) in [6.07, 6.45) is 3.66. The molecule has 37 heavy (non-hydrogen) atoms. The number of fused-ring (bicyclic) bond motifs is 2. The largest absolute Gasteiger partial charge is 0.492 e. The SMILES string of the molecule is COc1c(N2CCN(Cc3cc4c(o3)[N+](=O)OCC4)CC2)c(F)cc2c(=O)c(C(=O)O)cn(C3CC3)c12. The van der Waals surface area contributed by atoms with Crippen LogP contribution >= 0.6 is 0 Å².